The molecule has 1 atom stereocenters. The van der Waals surface area contributed by atoms with E-state index in [0.29, 0.717) is 0 Å². The molecule has 0 saturated heterocycles. The van der Waals surface area contributed by atoms with Gasteiger partial charge >= 0.3 is 5.97 Å². The molecule has 0 aliphatic heterocycles. The maximum atomic E-state index is 12.6. The van der Waals surface area contributed by atoms with E-state index >= 15 is 0 Å². The van der Waals surface area contributed by atoms with Crippen LogP contribution < -0.4 is 10.0 Å². The number of carbonyl (C=O) groups excluding carboxylic acids is 2. The number of sulfonamides is 1. The highest BCUT2D eigenvalue weighted by atomic mass is 32.2. The second-order valence-electron chi connectivity index (χ2n) is 7.11. The zero-order valence-corrected chi connectivity index (χ0v) is 18.3. The summed E-state index contributed by atoms with van der Waals surface area (Å²) >= 11 is 0. The van der Waals surface area contributed by atoms with Crippen LogP contribution in [0, 0.1) is 0 Å². The Labute approximate surface area is 187 Å². The maximum absolute atomic E-state index is 12.6. The molecule has 0 bridgehead atoms. The molecule has 7 nitrogen and oxygen atoms in total. The van der Waals surface area contributed by atoms with Crippen LogP contribution in [-0.4, -0.2) is 26.9 Å². The van der Waals surface area contributed by atoms with Gasteiger partial charge in [-0.25, -0.2) is 17.9 Å². The number of benzene rings is 3. The molecular weight excluding hydrogens is 428 g/mol. The lowest BCUT2D eigenvalue weighted by atomic mass is 10.1. The summed E-state index contributed by atoms with van der Waals surface area (Å²) in [5.74, 6) is -1.24. The molecule has 3 aromatic carbocycles. The Hall–Kier alpha value is -3.49. The molecule has 2 N–H and O–H groups in total. The first-order valence-corrected chi connectivity index (χ1v) is 11.5. The molecule has 0 spiro atoms. The van der Waals surface area contributed by atoms with Crippen molar-refractivity contribution in [3.63, 3.8) is 0 Å². The van der Waals surface area contributed by atoms with E-state index in [1.165, 1.54) is 24.3 Å². The normalized spacial score (nSPS) is 12.0. The number of amides is 1. The van der Waals surface area contributed by atoms with Crippen molar-refractivity contribution >= 4 is 21.9 Å². The minimum absolute atomic E-state index is 0.0384. The minimum atomic E-state index is -3.83. The van der Waals surface area contributed by atoms with Gasteiger partial charge in [-0.15, -0.1) is 0 Å². The van der Waals surface area contributed by atoms with Gasteiger partial charge in [0, 0.05) is 6.54 Å². The molecule has 0 radical (unpaired) electrons. The molecule has 0 aliphatic rings. The predicted molar refractivity (Wildman–Crippen MR) is 120 cm³/mol. The van der Waals surface area contributed by atoms with Crippen LogP contribution in [0.15, 0.2) is 89.8 Å². The Kier molecular flexibility index (Phi) is 7.75. The first kappa shape index (κ1) is 23.2. The largest absolute Gasteiger partial charge is 0.452 e. The Bertz CT molecular complexity index is 1170. The number of hydrogen-bond donors (Lipinski definition) is 2. The van der Waals surface area contributed by atoms with E-state index in [1.807, 2.05) is 55.5 Å². The predicted octanol–water partition coefficient (Wildman–Crippen LogP) is 3.20. The fourth-order valence-electron chi connectivity index (χ4n) is 2.97. The molecule has 32 heavy (non-hydrogen) atoms. The van der Waals surface area contributed by atoms with E-state index in [1.54, 1.807) is 12.1 Å². The van der Waals surface area contributed by atoms with Gasteiger partial charge in [-0.2, -0.15) is 0 Å². The summed E-state index contributed by atoms with van der Waals surface area (Å²) in [5.41, 5.74) is 1.77. The van der Waals surface area contributed by atoms with Gasteiger partial charge in [0.2, 0.25) is 10.0 Å². The number of nitrogens with one attached hydrogen (secondary N) is 2. The highest BCUT2D eigenvalue weighted by molar-refractivity contribution is 7.89. The van der Waals surface area contributed by atoms with Gasteiger partial charge in [-0.05, 0) is 36.2 Å². The highest BCUT2D eigenvalue weighted by Gasteiger charge is 2.18. The van der Waals surface area contributed by atoms with Crippen molar-refractivity contribution < 1.29 is 22.7 Å². The number of hydrogen-bond acceptors (Lipinski definition) is 5. The van der Waals surface area contributed by atoms with Gasteiger partial charge in [0.05, 0.1) is 16.5 Å². The molecule has 0 aliphatic carbocycles. The summed E-state index contributed by atoms with van der Waals surface area (Å²) < 4.78 is 32.7. The standard InChI is InChI=1S/C24H24N2O5S/c1-18(20-11-6-3-7-12-20)26-23(27)17-31-24(28)21-13-8-14-22(15-21)32(29,30)25-16-19-9-4-2-5-10-19/h2-15,18,25H,16-17H2,1H3,(H,26,27)/t18-/m1/s1. The number of esters is 1. The molecule has 0 unspecified atom stereocenters. The van der Waals surface area contributed by atoms with Crippen LogP contribution in [0.1, 0.15) is 34.5 Å². The third-order valence-electron chi connectivity index (χ3n) is 4.70. The SMILES string of the molecule is C[C@@H](NC(=O)COC(=O)c1cccc(S(=O)(=O)NCc2ccccc2)c1)c1ccccc1. The van der Waals surface area contributed by atoms with Crippen molar-refractivity contribution in [3.05, 3.63) is 102 Å². The summed E-state index contributed by atoms with van der Waals surface area (Å²) in [6.07, 6.45) is 0. The summed E-state index contributed by atoms with van der Waals surface area (Å²) in [7, 11) is -3.83. The lowest BCUT2D eigenvalue weighted by molar-refractivity contribution is -0.124. The second-order valence-corrected chi connectivity index (χ2v) is 8.88. The highest BCUT2D eigenvalue weighted by Crippen LogP contribution is 2.14. The molecule has 0 heterocycles. The van der Waals surface area contributed by atoms with Gasteiger partial charge in [-0.3, -0.25) is 4.79 Å². The third kappa shape index (κ3) is 6.50. The maximum Gasteiger partial charge on any atom is 0.338 e. The lowest BCUT2D eigenvalue weighted by Gasteiger charge is -2.14. The topological polar surface area (TPSA) is 102 Å². The molecule has 8 heteroatoms. The summed E-state index contributed by atoms with van der Waals surface area (Å²) in [6.45, 7) is 1.47. The van der Waals surface area contributed by atoms with Crippen molar-refractivity contribution in [1.29, 1.82) is 0 Å². The van der Waals surface area contributed by atoms with E-state index in [-0.39, 0.29) is 23.0 Å². The monoisotopic (exact) mass is 452 g/mol. The Morgan fingerprint density at radius 2 is 1.56 bits per heavy atom. The van der Waals surface area contributed by atoms with Gasteiger partial charge in [-0.1, -0.05) is 66.7 Å². The number of ether oxygens (including phenoxy) is 1. The van der Waals surface area contributed by atoms with Crippen molar-refractivity contribution in [2.75, 3.05) is 6.61 Å². The van der Waals surface area contributed by atoms with Gasteiger partial charge in [0.25, 0.3) is 5.91 Å². The van der Waals surface area contributed by atoms with Crippen LogP contribution in [0.5, 0.6) is 0 Å². The number of carbonyl (C=O) groups is 2. The van der Waals surface area contributed by atoms with Crippen LogP contribution in [0.3, 0.4) is 0 Å². The Balaban J connectivity index is 1.57. The van der Waals surface area contributed by atoms with Gasteiger partial charge < -0.3 is 10.1 Å². The molecule has 0 fully saturated rings. The van der Waals surface area contributed by atoms with Crippen LogP contribution in [0.25, 0.3) is 0 Å². The van der Waals surface area contributed by atoms with E-state index < -0.39 is 28.5 Å². The van der Waals surface area contributed by atoms with E-state index in [2.05, 4.69) is 10.0 Å². The van der Waals surface area contributed by atoms with Crippen LogP contribution >= 0.6 is 0 Å². The Morgan fingerprint density at radius 1 is 0.906 bits per heavy atom. The molecule has 166 valence electrons. The van der Waals surface area contributed by atoms with Gasteiger partial charge in [0.1, 0.15) is 0 Å². The van der Waals surface area contributed by atoms with Crippen LogP contribution in [-0.2, 0) is 26.1 Å². The zero-order chi connectivity index (χ0) is 23.0. The van der Waals surface area contributed by atoms with E-state index in [4.69, 9.17) is 4.74 Å². The van der Waals surface area contributed by atoms with Crippen molar-refractivity contribution in [2.45, 2.75) is 24.4 Å². The molecule has 3 aromatic rings. The fourth-order valence-corrected chi connectivity index (χ4v) is 4.03. The minimum Gasteiger partial charge on any atom is -0.452 e. The van der Waals surface area contributed by atoms with E-state index in [0.717, 1.165) is 11.1 Å². The lowest BCUT2D eigenvalue weighted by Crippen LogP contribution is -2.31. The first-order chi connectivity index (χ1) is 15.3. The second kappa shape index (κ2) is 10.7. The fraction of sp³-hybridized carbons (Fsp3) is 0.167. The molecule has 1 amide bonds. The third-order valence-corrected chi connectivity index (χ3v) is 6.10. The average Bonchev–Trinajstić information content (AvgIpc) is 2.82. The van der Waals surface area contributed by atoms with Gasteiger partial charge in [0.15, 0.2) is 6.61 Å². The first-order valence-electron chi connectivity index (χ1n) is 10.0. The summed E-state index contributed by atoms with van der Waals surface area (Å²) in [4.78, 5) is 24.4. The summed E-state index contributed by atoms with van der Waals surface area (Å²) in [6, 6.07) is 23.7. The number of rotatable bonds is 9. The van der Waals surface area contributed by atoms with Crippen LogP contribution in [0.4, 0.5) is 0 Å². The molecular formula is C24H24N2O5S. The van der Waals surface area contributed by atoms with Crippen molar-refractivity contribution in [3.8, 4) is 0 Å². The smallest absolute Gasteiger partial charge is 0.338 e. The van der Waals surface area contributed by atoms with Crippen molar-refractivity contribution in [1.82, 2.24) is 10.0 Å². The van der Waals surface area contributed by atoms with Crippen LogP contribution in [0.2, 0.25) is 0 Å². The van der Waals surface area contributed by atoms with E-state index in [9.17, 15) is 18.0 Å². The quantitative estimate of drug-likeness (QED) is 0.486. The summed E-state index contributed by atoms with van der Waals surface area (Å²) in [5, 5.41) is 2.75. The Morgan fingerprint density at radius 3 is 2.25 bits per heavy atom. The molecule has 0 saturated carbocycles. The molecule has 0 aromatic heterocycles. The molecule has 3 rings (SSSR count). The zero-order valence-electron chi connectivity index (χ0n) is 17.5. The average molecular weight is 453 g/mol. The van der Waals surface area contributed by atoms with Crippen molar-refractivity contribution in [2.24, 2.45) is 0 Å².